The third-order valence-electron chi connectivity index (χ3n) is 4.93. The molecule has 0 aliphatic carbocycles. The topological polar surface area (TPSA) is 23.5 Å². The van der Waals surface area contributed by atoms with E-state index in [0.717, 1.165) is 33.9 Å². The van der Waals surface area contributed by atoms with Crippen LogP contribution in [0.4, 0.5) is 0 Å². The van der Waals surface area contributed by atoms with E-state index >= 15 is 0 Å². The molecule has 140 valence electrons. The van der Waals surface area contributed by atoms with E-state index in [2.05, 4.69) is 75.4 Å². The molecule has 0 aliphatic heterocycles. The predicted octanol–water partition coefficient (Wildman–Crippen LogP) is 6.51. The Hall–Kier alpha value is -2.62. The summed E-state index contributed by atoms with van der Waals surface area (Å²) in [5.74, 6) is 0.371. The molecule has 0 saturated heterocycles. The number of rotatable bonds is 6. The third kappa shape index (κ3) is 4.44. The second-order valence-corrected chi connectivity index (χ2v) is 7.97. The van der Waals surface area contributed by atoms with Gasteiger partial charge in [-0.15, -0.1) is 0 Å². The van der Waals surface area contributed by atoms with Crippen molar-refractivity contribution < 1.29 is 5.11 Å². The van der Waals surface area contributed by atoms with Gasteiger partial charge in [-0.2, -0.15) is 0 Å². The lowest BCUT2D eigenvalue weighted by Gasteiger charge is -2.23. The van der Waals surface area contributed by atoms with Crippen LogP contribution in [-0.2, 0) is 19.6 Å². The van der Waals surface area contributed by atoms with Gasteiger partial charge in [0.05, 0.1) is 0 Å². The zero-order valence-corrected chi connectivity index (χ0v) is 17.1. The van der Waals surface area contributed by atoms with Crippen molar-refractivity contribution in [2.75, 3.05) is 0 Å². The molecule has 0 aliphatic rings. The van der Waals surface area contributed by atoms with Gasteiger partial charge in [0, 0.05) is 35.1 Å². The largest absolute Gasteiger partial charge is 0.507 e. The van der Waals surface area contributed by atoms with Gasteiger partial charge in [-0.05, 0) is 34.7 Å². The van der Waals surface area contributed by atoms with Crippen LogP contribution < -0.4 is 0 Å². The van der Waals surface area contributed by atoms with Crippen LogP contribution >= 0.6 is 15.9 Å². The molecule has 0 unspecified atom stereocenters. The summed E-state index contributed by atoms with van der Waals surface area (Å²) in [7, 11) is 0. The molecule has 3 heteroatoms. The van der Waals surface area contributed by atoms with Gasteiger partial charge >= 0.3 is 0 Å². The lowest BCUT2D eigenvalue weighted by atomic mass is 10.0. The Balaban J connectivity index is 1.63. The van der Waals surface area contributed by atoms with Crippen LogP contribution in [0.2, 0.25) is 0 Å². The Morgan fingerprint density at radius 2 is 1.29 bits per heavy atom. The monoisotopic (exact) mass is 431 g/mol. The van der Waals surface area contributed by atoms with E-state index in [0.29, 0.717) is 12.3 Å². The number of hydrogen-bond acceptors (Lipinski definition) is 2. The molecule has 2 nitrogen and oxygen atoms in total. The quantitative estimate of drug-likeness (QED) is 0.376. The van der Waals surface area contributed by atoms with E-state index in [1.54, 1.807) is 0 Å². The van der Waals surface area contributed by atoms with Gasteiger partial charge in [-0.1, -0.05) is 88.7 Å². The Labute approximate surface area is 174 Å². The first-order valence-corrected chi connectivity index (χ1v) is 10.2. The van der Waals surface area contributed by atoms with Crippen molar-refractivity contribution in [1.82, 2.24) is 4.90 Å². The fourth-order valence-corrected chi connectivity index (χ4v) is 3.93. The molecule has 0 amide bonds. The maximum atomic E-state index is 10.9. The molecule has 4 aromatic carbocycles. The smallest absolute Gasteiger partial charge is 0.127 e. The van der Waals surface area contributed by atoms with Crippen LogP contribution in [0.1, 0.15) is 16.7 Å². The van der Waals surface area contributed by atoms with Crippen molar-refractivity contribution in [1.29, 1.82) is 0 Å². The molecule has 4 rings (SSSR count). The Bertz CT molecular complexity index is 1020. The van der Waals surface area contributed by atoms with E-state index in [9.17, 15) is 5.11 Å². The zero-order chi connectivity index (χ0) is 19.3. The summed E-state index contributed by atoms with van der Waals surface area (Å²) in [6.07, 6.45) is 0. The molecule has 0 fully saturated rings. The summed E-state index contributed by atoms with van der Waals surface area (Å²) in [4.78, 5) is 2.37. The van der Waals surface area contributed by atoms with Gasteiger partial charge in [0.2, 0.25) is 0 Å². The Morgan fingerprint density at radius 1 is 0.679 bits per heavy atom. The molecule has 0 aromatic heterocycles. The van der Waals surface area contributed by atoms with Crippen molar-refractivity contribution in [3.05, 3.63) is 112 Å². The summed E-state index contributed by atoms with van der Waals surface area (Å²) in [6, 6.07) is 31.0. The zero-order valence-electron chi connectivity index (χ0n) is 15.6. The first kappa shape index (κ1) is 18.7. The molecule has 0 radical (unpaired) electrons. The second-order valence-electron chi connectivity index (χ2n) is 7.06. The van der Waals surface area contributed by atoms with Crippen molar-refractivity contribution in [2.45, 2.75) is 19.6 Å². The lowest BCUT2D eigenvalue weighted by molar-refractivity contribution is 0.244. The highest BCUT2D eigenvalue weighted by atomic mass is 79.9. The van der Waals surface area contributed by atoms with E-state index in [1.165, 1.54) is 11.1 Å². The van der Waals surface area contributed by atoms with Crippen molar-refractivity contribution in [2.24, 2.45) is 0 Å². The Morgan fingerprint density at radius 3 is 1.89 bits per heavy atom. The maximum absolute atomic E-state index is 10.9. The minimum Gasteiger partial charge on any atom is -0.507 e. The summed E-state index contributed by atoms with van der Waals surface area (Å²) < 4.78 is 1.02. The number of nitrogens with zero attached hydrogens (tertiary/aromatic N) is 1. The van der Waals surface area contributed by atoms with Crippen LogP contribution in [0.25, 0.3) is 10.8 Å². The number of fused-ring (bicyclic) bond motifs is 1. The highest BCUT2D eigenvalue weighted by molar-refractivity contribution is 9.10. The van der Waals surface area contributed by atoms with Crippen molar-refractivity contribution in [3.8, 4) is 5.75 Å². The van der Waals surface area contributed by atoms with Gasteiger partial charge in [0.15, 0.2) is 0 Å². The molecule has 0 heterocycles. The van der Waals surface area contributed by atoms with E-state index in [1.807, 2.05) is 36.4 Å². The van der Waals surface area contributed by atoms with Crippen LogP contribution in [0.5, 0.6) is 5.75 Å². The van der Waals surface area contributed by atoms with Crippen LogP contribution in [0, 0.1) is 0 Å². The van der Waals surface area contributed by atoms with Gasteiger partial charge in [0.1, 0.15) is 5.75 Å². The van der Waals surface area contributed by atoms with E-state index in [4.69, 9.17) is 0 Å². The molecule has 0 saturated carbocycles. The average Bonchev–Trinajstić information content (AvgIpc) is 2.71. The van der Waals surface area contributed by atoms with E-state index in [-0.39, 0.29) is 0 Å². The summed E-state index contributed by atoms with van der Waals surface area (Å²) >= 11 is 3.50. The minimum atomic E-state index is 0.371. The van der Waals surface area contributed by atoms with Gasteiger partial charge in [0.25, 0.3) is 0 Å². The highest BCUT2D eigenvalue weighted by Crippen LogP contribution is 2.32. The highest BCUT2D eigenvalue weighted by Gasteiger charge is 2.13. The van der Waals surface area contributed by atoms with Crippen LogP contribution in [0.3, 0.4) is 0 Å². The van der Waals surface area contributed by atoms with Gasteiger partial charge in [-0.3, -0.25) is 4.90 Å². The fraction of sp³-hybridized carbons (Fsp3) is 0.120. The molecular formula is C25H22BrNO. The first-order chi connectivity index (χ1) is 13.7. The molecule has 0 spiro atoms. The normalized spacial score (nSPS) is 11.2. The summed E-state index contributed by atoms with van der Waals surface area (Å²) in [5.41, 5.74) is 3.48. The average molecular weight is 432 g/mol. The van der Waals surface area contributed by atoms with E-state index < -0.39 is 0 Å². The standard InChI is InChI=1S/C25H22BrNO/c26-23-13-14-24-21(15-23)11-12-22(25(24)28)18-27(16-19-7-3-1-4-8-19)17-20-9-5-2-6-10-20/h1-15,28H,16-18H2. The molecule has 1 N–H and O–H groups in total. The van der Waals surface area contributed by atoms with Crippen LogP contribution in [-0.4, -0.2) is 10.0 Å². The minimum absolute atomic E-state index is 0.371. The predicted molar refractivity (Wildman–Crippen MR) is 119 cm³/mol. The second kappa shape index (κ2) is 8.59. The molecular weight excluding hydrogens is 410 g/mol. The fourth-order valence-electron chi connectivity index (χ4n) is 3.55. The van der Waals surface area contributed by atoms with Gasteiger partial charge in [-0.25, -0.2) is 0 Å². The number of halogens is 1. The van der Waals surface area contributed by atoms with Crippen molar-refractivity contribution in [3.63, 3.8) is 0 Å². The molecule has 0 bridgehead atoms. The number of phenolic OH excluding ortho intramolecular Hbond substituents is 1. The SMILES string of the molecule is Oc1c(CN(Cc2ccccc2)Cc2ccccc2)ccc2cc(Br)ccc12. The van der Waals surface area contributed by atoms with Crippen LogP contribution in [0.15, 0.2) is 95.5 Å². The number of hydrogen-bond donors (Lipinski definition) is 1. The number of phenols is 1. The van der Waals surface area contributed by atoms with Crippen molar-refractivity contribution >= 4 is 26.7 Å². The molecule has 0 atom stereocenters. The molecule has 28 heavy (non-hydrogen) atoms. The number of benzene rings is 4. The van der Waals surface area contributed by atoms with Gasteiger partial charge < -0.3 is 5.11 Å². The third-order valence-corrected chi connectivity index (χ3v) is 5.42. The Kier molecular flexibility index (Phi) is 5.75. The number of aromatic hydroxyl groups is 1. The summed E-state index contributed by atoms with van der Waals surface area (Å²) in [6.45, 7) is 2.34. The summed E-state index contributed by atoms with van der Waals surface area (Å²) in [5, 5.41) is 12.8. The maximum Gasteiger partial charge on any atom is 0.127 e. The lowest BCUT2D eigenvalue weighted by Crippen LogP contribution is -2.22. The molecule has 4 aromatic rings. The first-order valence-electron chi connectivity index (χ1n) is 9.39.